The number of hydrogen-bond donors (Lipinski definition) is 1. The van der Waals surface area contributed by atoms with Gasteiger partial charge in [-0.05, 0) is 42.3 Å². The van der Waals surface area contributed by atoms with Gasteiger partial charge in [-0.2, -0.15) is 0 Å². The van der Waals surface area contributed by atoms with Crippen molar-refractivity contribution < 1.29 is 4.39 Å². The molecule has 1 unspecified atom stereocenters. The van der Waals surface area contributed by atoms with Gasteiger partial charge in [-0.15, -0.1) is 0 Å². The Balaban J connectivity index is 2.14. The highest BCUT2D eigenvalue weighted by molar-refractivity contribution is 6.28. The van der Waals surface area contributed by atoms with Crippen molar-refractivity contribution in [1.29, 1.82) is 0 Å². The van der Waals surface area contributed by atoms with Crippen LogP contribution in [0.3, 0.4) is 0 Å². The molecular formula is C12H11ClFN3. The molecule has 0 saturated heterocycles. The Bertz CT molecular complexity index is 519. The van der Waals surface area contributed by atoms with E-state index < -0.39 is 0 Å². The van der Waals surface area contributed by atoms with E-state index in [4.69, 9.17) is 11.6 Å². The van der Waals surface area contributed by atoms with Crippen LogP contribution in [-0.4, -0.2) is 9.97 Å². The van der Waals surface area contributed by atoms with E-state index in [0.29, 0.717) is 5.82 Å². The molecule has 1 aromatic heterocycles. The quantitative estimate of drug-likeness (QED) is 0.849. The molecule has 0 bridgehead atoms. The van der Waals surface area contributed by atoms with Crippen molar-refractivity contribution in [3.05, 3.63) is 53.2 Å². The van der Waals surface area contributed by atoms with Gasteiger partial charge in [0, 0.05) is 6.20 Å². The van der Waals surface area contributed by atoms with Gasteiger partial charge in [-0.3, -0.25) is 0 Å². The molecule has 0 spiro atoms. The predicted octanol–water partition coefficient (Wildman–Crippen LogP) is 3.44. The van der Waals surface area contributed by atoms with Crippen molar-refractivity contribution >= 4 is 17.4 Å². The number of hydrogen-bond acceptors (Lipinski definition) is 3. The van der Waals surface area contributed by atoms with Crippen molar-refractivity contribution in [3.63, 3.8) is 0 Å². The van der Waals surface area contributed by atoms with Crippen LogP contribution in [0.15, 0.2) is 36.5 Å². The lowest BCUT2D eigenvalue weighted by molar-refractivity contribution is 0.623. The van der Waals surface area contributed by atoms with Crippen LogP contribution >= 0.6 is 11.6 Å². The zero-order valence-electron chi connectivity index (χ0n) is 9.19. The first kappa shape index (κ1) is 11.8. The van der Waals surface area contributed by atoms with Crippen LogP contribution in [-0.2, 0) is 0 Å². The molecule has 0 aliphatic carbocycles. The Morgan fingerprint density at radius 2 is 2.18 bits per heavy atom. The number of nitrogens with one attached hydrogen (secondary N) is 1. The first-order valence-electron chi connectivity index (χ1n) is 5.16. The Morgan fingerprint density at radius 3 is 2.88 bits per heavy atom. The van der Waals surface area contributed by atoms with E-state index in [0.717, 1.165) is 5.56 Å². The fourth-order valence-electron chi connectivity index (χ4n) is 1.50. The van der Waals surface area contributed by atoms with Crippen LogP contribution in [0.25, 0.3) is 0 Å². The predicted molar refractivity (Wildman–Crippen MR) is 65.5 cm³/mol. The van der Waals surface area contributed by atoms with Crippen molar-refractivity contribution in [2.75, 3.05) is 5.32 Å². The molecule has 17 heavy (non-hydrogen) atoms. The summed E-state index contributed by atoms with van der Waals surface area (Å²) in [4.78, 5) is 7.80. The number of aromatic nitrogens is 2. The maximum atomic E-state index is 13.1. The first-order valence-corrected chi connectivity index (χ1v) is 5.53. The molecule has 0 aliphatic heterocycles. The minimum absolute atomic E-state index is 0.0586. The normalized spacial score (nSPS) is 12.2. The van der Waals surface area contributed by atoms with Crippen molar-refractivity contribution in [2.45, 2.75) is 13.0 Å². The lowest BCUT2D eigenvalue weighted by atomic mass is 10.1. The van der Waals surface area contributed by atoms with Crippen LogP contribution in [0.4, 0.5) is 10.2 Å². The average molecular weight is 252 g/mol. The largest absolute Gasteiger partial charge is 0.363 e. The average Bonchev–Trinajstić information content (AvgIpc) is 2.29. The molecule has 1 atom stereocenters. The lowest BCUT2D eigenvalue weighted by Crippen LogP contribution is -2.08. The molecular weight excluding hydrogens is 241 g/mol. The molecule has 0 radical (unpaired) electrons. The Kier molecular flexibility index (Phi) is 3.54. The number of benzene rings is 1. The van der Waals surface area contributed by atoms with E-state index in [1.54, 1.807) is 18.3 Å². The third-order valence-corrected chi connectivity index (χ3v) is 2.52. The van der Waals surface area contributed by atoms with Gasteiger partial charge in [0.05, 0.1) is 6.04 Å². The number of anilines is 1. The van der Waals surface area contributed by atoms with Gasteiger partial charge in [0.25, 0.3) is 0 Å². The van der Waals surface area contributed by atoms with Crippen LogP contribution in [0.1, 0.15) is 18.5 Å². The maximum absolute atomic E-state index is 13.1. The fraction of sp³-hybridized carbons (Fsp3) is 0.167. The first-order chi connectivity index (χ1) is 8.15. The summed E-state index contributed by atoms with van der Waals surface area (Å²) >= 11 is 5.68. The third-order valence-electron chi connectivity index (χ3n) is 2.34. The van der Waals surface area contributed by atoms with E-state index in [1.807, 2.05) is 13.0 Å². The molecule has 5 heteroatoms. The molecule has 1 heterocycles. The van der Waals surface area contributed by atoms with Crippen molar-refractivity contribution in [3.8, 4) is 0 Å². The topological polar surface area (TPSA) is 37.8 Å². The molecule has 2 aromatic rings. The number of halogens is 2. The van der Waals surface area contributed by atoms with Gasteiger partial charge < -0.3 is 5.32 Å². The van der Waals surface area contributed by atoms with Crippen LogP contribution in [0.2, 0.25) is 5.28 Å². The summed E-state index contributed by atoms with van der Waals surface area (Å²) in [6.07, 6.45) is 1.57. The van der Waals surface area contributed by atoms with Crippen molar-refractivity contribution in [2.24, 2.45) is 0 Å². The summed E-state index contributed by atoms with van der Waals surface area (Å²) in [7, 11) is 0. The SMILES string of the molecule is CC(Nc1ccnc(Cl)n1)c1cccc(F)c1. The molecule has 0 amide bonds. The molecule has 1 aromatic carbocycles. The number of nitrogens with zero attached hydrogens (tertiary/aromatic N) is 2. The number of rotatable bonds is 3. The summed E-state index contributed by atoms with van der Waals surface area (Å²) in [6.45, 7) is 1.92. The molecule has 88 valence electrons. The highest BCUT2D eigenvalue weighted by atomic mass is 35.5. The second-order valence-corrected chi connectivity index (χ2v) is 3.97. The van der Waals surface area contributed by atoms with Crippen LogP contribution < -0.4 is 5.32 Å². The summed E-state index contributed by atoms with van der Waals surface area (Å²) in [5, 5.41) is 3.31. The smallest absolute Gasteiger partial charge is 0.224 e. The summed E-state index contributed by atoms with van der Waals surface area (Å²) in [6, 6.07) is 8.08. The zero-order chi connectivity index (χ0) is 12.3. The zero-order valence-corrected chi connectivity index (χ0v) is 9.95. The van der Waals surface area contributed by atoms with Crippen LogP contribution in [0.5, 0.6) is 0 Å². The summed E-state index contributed by atoms with van der Waals surface area (Å²) in [5.74, 6) is 0.360. The monoisotopic (exact) mass is 251 g/mol. The summed E-state index contributed by atoms with van der Waals surface area (Å²) < 4.78 is 13.1. The van der Waals surface area contributed by atoms with Gasteiger partial charge in [0.2, 0.25) is 5.28 Å². The van der Waals surface area contributed by atoms with Gasteiger partial charge in [0.1, 0.15) is 11.6 Å². The van der Waals surface area contributed by atoms with Gasteiger partial charge in [0.15, 0.2) is 0 Å². The van der Waals surface area contributed by atoms with Gasteiger partial charge in [-0.1, -0.05) is 12.1 Å². The van der Waals surface area contributed by atoms with E-state index >= 15 is 0 Å². The Morgan fingerprint density at radius 1 is 1.35 bits per heavy atom. The molecule has 2 rings (SSSR count). The standard InChI is InChI=1S/C12H11ClFN3/c1-8(9-3-2-4-10(14)7-9)16-11-5-6-15-12(13)17-11/h2-8H,1H3,(H,15,16,17). The Labute approximate surface area is 104 Å². The van der Waals surface area contributed by atoms with Crippen LogP contribution in [0, 0.1) is 5.82 Å². The molecule has 0 saturated carbocycles. The molecule has 1 N–H and O–H groups in total. The molecule has 0 fully saturated rings. The van der Waals surface area contributed by atoms with E-state index in [1.165, 1.54) is 12.1 Å². The fourth-order valence-corrected chi connectivity index (χ4v) is 1.64. The van der Waals surface area contributed by atoms with Gasteiger partial charge >= 0.3 is 0 Å². The van der Waals surface area contributed by atoms with E-state index in [9.17, 15) is 4.39 Å². The second-order valence-electron chi connectivity index (χ2n) is 3.63. The minimum atomic E-state index is -0.253. The second kappa shape index (κ2) is 5.10. The van der Waals surface area contributed by atoms with E-state index in [2.05, 4.69) is 15.3 Å². The maximum Gasteiger partial charge on any atom is 0.224 e. The summed E-state index contributed by atoms with van der Waals surface area (Å²) in [5.41, 5.74) is 0.847. The highest BCUT2D eigenvalue weighted by Crippen LogP contribution is 2.18. The third kappa shape index (κ3) is 3.14. The van der Waals surface area contributed by atoms with E-state index in [-0.39, 0.29) is 17.1 Å². The molecule has 3 nitrogen and oxygen atoms in total. The lowest BCUT2D eigenvalue weighted by Gasteiger charge is -2.14. The Hall–Kier alpha value is -1.68. The molecule has 0 aliphatic rings. The van der Waals surface area contributed by atoms with Crippen molar-refractivity contribution in [1.82, 2.24) is 9.97 Å². The highest BCUT2D eigenvalue weighted by Gasteiger charge is 2.07. The minimum Gasteiger partial charge on any atom is -0.363 e. The van der Waals surface area contributed by atoms with Gasteiger partial charge in [-0.25, -0.2) is 14.4 Å².